The first-order valence-corrected chi connectivity index (χ1v) is 9.29. The van der Waals surface area contributed by atoms with Gasteiger partial charge in [0.2, 0.25) is 10.0 Å². The summed E-state index contributed by atoms with van der Waals surface area (Å²) < 4.78 is 36.0. The summed E-state index contributed by atoms with van der Waals surface area (Å²) in [6, 6.07) is 5.02. The molecule has 2 rings (SSSR count). The second-order valence-corrected chi connectivity index (χ2v) is 8.32. The fourth-order valence-electron chi connectivity index (χ4n) is 2.68. The van der Waals surface area contributed by atoms with Crippen molar-refractivity contribution in [2.45, 2.75) is 13.0 Å². The number of rotatable bonds is 6. The molecule has 1 saturated heterocycles. The second kappa shape index (κ2) is 7.50. The molecule has 7 nitrogen and oxygen atoms in total. The number of hydrogen-bond donors (Lipinski definition) is 1. The Bertz CT molecular complexity index is 702. The smallest absolute Gasteiger partial charge is 0.255 e. The topological polar surface area (TPSA) is 84.9 Å². The lowest BCUT2D eigenvalue weighted by atomic mass is 10.0. The molecule has 8 heteroatoms. The van der Waals surface area contributed by atoms with Crippen LogP contribution in [0.25, 0.3) is 0 Å². The van der Waals surface area contributed by atoms with Crippen LogP contribution in [0.5, 0.6) is 5.75 Å². The van der Waals surface area contributed by atoms with Crippen molar-refractivity contribution in [3.63, 3.8) is 0 Å². The lowest BCUT2D eigenvalue weighted by Gasteiger charge is -2.22. The quantitative estimate of drug-likeness (QED) is 0.809. The van der Waals surface area contributed by atoms with Crippen LogP contribution in [-0.2, 0) is 14.8 Å². The van der Waals surface area contributed by atoms with Crippen LogP contribution < -0.4 is 10.1 Å². The summed E-state index contributed by atoms with van der Waals surface area (Å²) in [5, 5.41) is 2.90. The van der Waals surface area contributed by atoms with Gasteiger partial charge in [-0.1, -0.05) is 12.1 Å². The Hall–Kier alpha value is -1.64. The third-order valence-corrected chi connectivity index (χ3v) is 6.14. The average Bonchev–Trinajstić information content (AvgIpc) is 2.92. The molecule has 1 heterocycles. The third-order valence-electron chi connectivity index (χ3n) is 4.18. The number of ether oxygens (including phenoxy) is 2. The van der Waals surface area contributed by atoms with E-state index in [1.807, 2.05) is 19.1 Å². The van der Waals surface area contributed by atoms with Crippen molar-refractivity contribution in [1.82, 2.24) is 9.62 Å². The molecule has 0 aliphatic carbocycles. The van der Waals surface area contributed by atoms with E-state index in [4.69, 9.17) is 9.47 Å². The highest BCUT2D eigenvalue weighted by molar-refractivity contribution is 7.89. The lowest BCUT2D eigenvalue weighted by Crippen LogP contribution is -2.43. The summed E-state index contributed by atoms with van der Waals surface area (Å²) in [5.74, 6) is -0.136. The van der Waals surface area contributed by atoms with Crippen molar-refractivity contribution in [3.05, 3.63) is 29.3 Å². The van der Waals surface area contributed by atoms with Crippen molar-refractivity contribution in [2.75, 3.05) is 40.2 Å². The molecule has 0 spiro atoms. The van der Waals surface area contributed by atoms with Gasteiger partial charge in [0, 0.05) is 20.0 Å². The first-order chi connectivity index (χ1) is 11.3. The lowest BCUT2D eigenvalue weighted by molar-refractivity contribution is 0.0922. The molecule has 0 saturated carbocycles. The molecule has 2 atom stereocenters. The van der Waals surface area contributed by atoms with Gasteiger partial charge in [-0.05, 0) is 18.6 Å². The van der Waals surface area contributed by atoms with Gasteiger partial charge in [0.15, 0.2) is 0 Å². The summed E-state index contributed by atoms with van der Waals surface area (Å²) in [7, 11) is 1.15. The summed E-state index contributed by atoms with van der Waals surface area (Å²) in [6.45, 7) is 2.44. The van der Waals surface area contributed by atoms with Crippen molar-refractivity contribution in [2.24, 2.45) is 5.92 Å². The van der Waals surface area contributed by atoms with Crippen LogP contribution in [0.3, 0.4) is 0 Å². The van der Waals surface area contributed by atoms with E-state index >= 15 is 0 Å². The molecular formula is C16H24N2O5S. The maximum Gasteiger partial charge on any atom is 0.255 e. The molecule has 0 unspecified atom stereocenters. The Balaban J connectivity index is 2.14. The number of aryl methyl sites for hydroxylation is 1. The van der Waals surface area contributed by atoms with E-state index in [9.17, 15) is 13.2 Å². The number of carbonyl (C=O) groups excluding carboxylic acids is 1. The summed E-state index contributed by atoms with van der Waals surface area (Å²) in [5.41, 5.74) is 1.25. The van der Waals surface area contributed by atoms with Gasteiger partial charge in [-0.3, -0.25) is 4.79 Å². The van der Waals surface area contributed by atoms with Gasteiger partial charge in [0.1, 0.15) is 5.75 Å². The van der Waals surface area contributed by atoms with Crippen molar-refractivity contribution in [3.8, 4) is 5.75 Å². The van der Waals surface area contributed by atoms with E-state index in [1.54, 1.807) is 6.07 Å². The van der Waals surface area contributed by atoms with Gasteiger partial charge in [0.25, 0.3) is 5.91 Å². The molecule has 0 bridgehead atoms. The molecule has 1 fully saturated rings. The van der Waals surface area contributed by atoms with E-state index in [0.29, 0.717) is 24.5 Å². The molecule has 1 aliphatic rings. The highest BCUT2D eigenvalue weighted by atomic mass is 32.2. The number of carbonyl (C=O) groups is 1. The molecule has 24 heavy (non-hydrogen) atoms. The fraction of sp³-hybridized carbons (Fsp3) is 0.562. The van der Waals surface area contributed by atoms with Gasteiger partial charge in [-0.2, -0.15) is 0 Å². The zero-order valence-corrected chi connectivity index (χ0v) is 15.2. The van der Waals surface area contributed by atoms with Crippen LogP contribution in [0, 0.1) is 12.8 Å². The van der Waals surface area contributed by atoms with Crippen LogP contribution >= 0.6 is 0 Å². The van der Waals surface area contributed by atoms with E-state index in [-0.39, 0.29) is 23.6 Å². The Labute approximate surface area is 143 Å². The van der Waals surface area contributed by atoms with Crippen molar-refractivity contribution >= 4 is 15.9 Å². The van der Waals surface area contributed by atoms with Crippen LogP contribution in [0.2, 0.25) is 0 Å². The molecule has 1 N–H and O–H groups in total. The first-order valence-electron chi connectivity index (χ1n) is 7.68. The van der Waals surface area contributed by atoms with Gasteiger partial charge in [-0.15, -0.1) is 0 Å². The molecule has 1 aliphatic heterocycles. The first kappa shape index (κ1) is 18.7. The molecule has 1 aromatic rings. The monoisotopic (exact) mass is 356 g/mol. The zero-order chi connectivity index (χ0) is 17.9. The normalized spacial score (nSPS) is 21.0. The number of nitrogens with zero attached hydrogens (tertiary/aromatic N) is 1. The fourth-order valence-corrected chi connectivity index (χ4v) is 3.85. The van der Waals surface area contributed by atoms with E-state index < -0.39 is 10.0 Å². The summed E-state index contributed by atoms with van der Waals surface area (Å²) in [4.78, 5) is 12.6. The van der Waals surface area contributed by atoms with Crippen LogP contribution in [-0.4, -0.2) is 64.8 Å². The minimum atomic E-state index is -3.36. The predicted octanol–water partition coefficient (Wildman–Crippen LogP) is 0.640. The minimum absolute atomic E-state index is 0.0597. The molecule has 0 aromatic heterocycles. The Morgan fingerprint density at radius 1 is 1.38 bits per heavy atom. The highest BCUT2D eigenvalue weighted by Gasteiger charge is 2.34. The SMILES string of the molecule is COc1cccc(C)c1C(=O)N[C@@H]1COC[C@H]1CS(=O)(=O)N(C)C. The third kappa shape index (κ3) is 4.06. The second-order valence-electron chi connectivity index (χ2n) is 6.09. The Morgan fingerprint density at radius 2 is 2.08 bits per heavy atom. The maximum atomic E-state index is 12.6. The molecule has 0 radical (unpaired) electrons. The van der Waals surface area contributed by atoms with Crippen molar-refractivity contribution in [1.29, 1.82) is 0 Å². The highest BCUT2D eigenvalue weighted by Crippen LogP contribution is 2.23. The molecule has 1 amide bonds. The molecule has 1 aromatic carbocycles. The maximum absolute atomic E-state index is 12.6. The van der Waals surface area contributed by atoms with E-state index in [1.165, 1.54) is 25.5 Å². The number of amides is 1. The zero-order valence-electron chi connectivity index (χ0n) is 14.4. The number of sulfonamides is 1. The number of hydrogen-bond acceptors (Lipinski definition) is 5. The number of methoxy groups -OCH3 is 1. The predicted molar refractivity (Wildman–Crippen MR) is 90.8 cm³/mol. The molecule has 134 valence electrons. The Morgan fingerprint density at radius 3 is 2.71 bits per heavy atom. The Kier molecular flexibility index (Phi) is 5.84. The van der Waals surface area contributed by atoms with E-state index in [0.717, 1.165) is 5.56 Å². The van der Waals surface area contributed by atoms with Gasteiger partial charge in [0.05, 0.1) is 37.7 Å². The number of benzene rings is 1. The minimum Gasteiger partial charge on any atom is -0.496 e. The summed E-state index contributed by atoms with van der Waals surface area (Å²) >= 11 is 0. The summed E-state index contributed by atoms with van der Waals surface area (Å²) in [6.07, 6.45) is 0. The van der Waals surface area contributed by atoms with E-state index in [2.05, 4.69) is 5.32 Å². The van der Waals surface area contributed by atoms with Crippen LogP contribution in [0.15, 0.2) is 18.2 Å². The van der Waals surface area contributed by atoms with Crippen LogP contribution in [0.1, 0.15) is 15.9 Å². The van der Waals surface area contributed by atoms with Crippen molar-refractivity contribution < 1.29 is 22.7 Å². The standard InChI is InChI=1S/C16H24N2O5S/c1-11-6-5-7-14(22-4)15(11)16(19)17-13-9-23-8-12(13)10-24(20,21)18(2)3/h5-7,12-13H,8-10H2,1-4H3,(H,17,19)/t12-,13+/m0/s1. The van der Waals surface area contributed by atoms with Gasteiger partial charge < -0.3 is 14.8 Å². The van der Waals surface area contributed by atoms with Gasteiger partial charge in [-0.25, -0.2) is 12.7 Å². The van der Waals surface area contributed by atoms with Gasteiger partial charge >= 0.3 is 0 Å². The average molecular weight is 356 g/mol. The van der Waals surface area contributed by atoms with Crippen LogP contribution in [0.4, 0.5) is 0 Å². The largest absolute Gasteiger partial charge is 0.496 e. The number of nitrogens with one attached hydrogen (secondary N) is 1. The molecular weight excluding hydrogens is 332 g/mol.